The van der Waals surface area contributed by atoms with Gasteiger partial charge in [0.1, 0.15) is 22.8 Å². The molecule has 0 unspecified atom stereocenters. The molecule has 2 aliphatic rings. The number of alkyl halides is 6. The molecule has 3 aromatic carbocycles. The van der Waals surface area contributed by atoms with Gasteiger partial charge in [0.15, 0.2) is 19.0 Å². The van der Waals surface area contributed by atoms with Crippen LogP contribution in [0.25, 0.3) is 15.6 Å². The van der Waals surface area contributed by atoms with Gasteiger partial charge in [0, 0.05) is 33.8 Å². The number of carbonyl (C=O) groups excluding carboxylic acids is 2. The van der Waals surface area contributed by atoms with E-state index in [9.17, 15) is 44.3 Å². The number of hydrogen-bond donors (Lipinski definition) is 0. The standard InChI is InChI=1S/C35H31F6N3O8S.Na/c1-19-14-20(16-53(47,48)43-32(46)33(11-12-33)27-24(49-2)7-4-8-25(27)50-3)9-10-23(19)44-15-22-26(31(44)45)30(52-18-35(39,40)41)28-21(6-5-13-42-28)29(22)51-17-34(36,37)38;/h4-10,13-14H,11-12,15-18H2,1-3H3,(H,43,46);/q;+1/p-1. The van der Waals surface area contributed by atoms with Gasteiger partial charge in [-0.05, 0) is 61.2 Å². The number of methoxy groups -OCH3 is 2. The molecular formula is C35H30F6N3NaO8S. The maximum Gasteiger partial charge on any atom is 1.00 e. The molecule has 2 heterocycles. The van der Waals surface area contributed by atoms with E-state index in [0.717, 1.165) is 4.90 Å². The molecule has 0 spiro atoms. The third kappa shape index (κ3) is 8.21. The molecule has 1 saturated carbocycles. The van der Waals surface area contributed by atoms with Gasteiger partial charge < -0.3 is 33.4 Å². The van der Waals surface area contributed by atoms with Crippen LogP contribution in [0.2, 0.25) is 0 Å². The average molecular weight is 790 g/mol. The number of rotatable bonds is 12. The molecule has 11 nitrogen and oxygen atoms in total. The van der Waals surface area contributed by atoms with Gasteiger partial charge in [0.25, 0.3) is 5.91 Å². The van der Waals surface area contributed by atoms with Gasteiger partial charge in [-0.1, -0.05) is 18.2 Å². The largest absolute Gasteiger partial charge is 1.00 e. The molecule has 4 aromatic rings. The molecule has 0 bridgehead atoms. The summed E-state index contributed by atoms with van der Waals surface area (Å²) in [4.78, 5) is 32.4. The first-order valence-corrected chi connectivity index (χ1v) is 17.4. The predicted octanol–water partition coefficient (Wildman–Crippen LogP) is 4.07. The van der Waals surface area contributed by atoms with E-state index in [4.69, 9.17) is 18.9 Å². The maximum absolute atomic E-state index is 13.9. The van der Waals surface area contributed by atoms with Crippen molar-refractivity contribution in [3.8, 4) is 23.0 Å². The van der Waals surface area contributed by atoms with Crippen LogP contribution in [-0.2, 0) is 32.5 Å². The summed E-state index contributed by atoms with van der Waals surface area (Å²) in [6.45, 7) is -2.48. The summed E-state index contributed by atoms with van der Waals surface area (Å²) in [5, 5.41) is -0.102. The first-order chi connectivity index (χ1) is 24.9. The van der Waals surface area contributed by atoms with Crippen molar-refractivity contribution in [1.29, 1.82) is 0 Å². The monoisotopic (exact) mass is 789 g/mol. The fourth-order valence-corrected chi connectivity index (χ4v) is 7.53. The van der Waals surface area contributed by atoms with E-state index in [2.05, 4.69) is 9.71 Å². The number of aryl methyl sites for hydroxylation is 1. The van der Waals surface area contributed by atoms with Crippen LogP contribution in [-0.4, -0.2) is 65.0 Å². The Hall–Kier alpha value is -4.26. The fourth-order valence-electron chi connectivity index (χ4n) is 6.44. The van der Waals surface area contributed by atoms with E-state index in [-0.39, 0.29) is 57.3 Å². The number of amides is 2. The number of anilines is 1. The Morgan fingerprint density at radius 3 is 2.09 bits per heavy atom. The minimum absolute atomic E-state index is 0. The van der Waals surface area contributed by atoms with E-state index in [0.29, 0.717) is 35.5 Å². The topological polar surface area (TPSA) is 135 Å². The summed E-state index contributed by atoms with van der Waals surface area (Å²) >= 11 is 0. The van der Waals surface area contributed by atoms with E-state index in [1.807, 2.05) is 0 Å². The van der Waals surface area contributed by atoms with Crippen LogP contribution in [0.15, 0.2) is 54.7 Å². The van der Waals surface area contributed by atoms with Crippen LogP contribution in [0.5, 0.6) is 23.0 Å². The number of pyridine rings is 1. The van der Waals surface area contributed by atoms with Gasteiger partial charge in [-0.25, -0.2) is 8.42 Å². The Morgan fingerprint density at radius 2 is 1.54 bits per heavy atom. The Morgan fingerprint density at radius 1 is 0.926 bits per heavy atom. The first-order valence-electron chi connectivity index (χ1n) is 15.8. The zero-order chi connectivity index (χ0) is 38.5. The van der Waals surface area contributed by atoms with Crippen molar-refractivity contribution < 1.29 is 92.9 Å². The second-order valence-electron chi connectivity index (χ2n) is 12.5. The van der Waals surface area contributed by atoms with Crippen LogP contribution < -0.4 is 53.4 Å². The maximum atomic E-state index is 13.9. The SMILES string of the molecule is COc1cccc(OC)c1C1(C(=O)[N-]S(=O)(=O)Cc2ccc(N3Cc4c(c(OCC(F)(F)F)c5ncccc5c4OCC(F)(F)F)C3=O)c(C)c2)CC1.[Na+]. The second-order valence-corrected chi connectivity index (χ2v) is 14.1. The van der Waals surface area contributed by atoms with E-state index in [1.165, 1.54) is 57.7 Å². The molecule has 0 N–H and O–H groups in total. The molecule has 0 atom stereocenters. The number of nitrogens with zero attached hydrogens (tertiary/aromatic N) is 3. The molecule has 54 heavy (non-hydrogen) atoms. The molecule has 1 fully saturated rings. The second kappa shape index (κ2) is 15.1. The zero-order valence-corrected chi connectivity index (χ0v) is 32.0. The van der Waals surface area contributed by atoms with E-state index in [1.54, 1.807) is 18.2 Å². The number of ether oxygens (including phenoxy) is 4. The van der Waals surface area contributed by atoms with E-state index >= 15 is 0 Å². The Kier molecular flexibility index (Phi) is 11.4. The minimum atomic E-state index is -4.83. The molecule has 1 aromatic heterocycles. The number of benzene rings is 3. The smallest absolute Gasteiger partial charge is 0.545 e. The van der Waals surface area contributed by atoms with Crippen molar-refractivity contribution in [2.75, 3.05) is 32.3 Å². The van der Waals surface area contributed by atoms with Crippen molar-refractivity contribution >= 4 is 38.4 Å². The number of sulfonamides is 1. The molecule has 2 amide bonds. The van der Waals surface area contributed by atoms with Crippen molar-refractivity contribution in [3.63, 3.8) is 0 Å². The van der Waals surface area contributed by atoms with E-state index < -0.39 is 82.2 Å². The number of aromatic nitrogens is 1. The molecule has 282 valence electrons. The Balaban J connectivity index is 0.00000561. The van der Waals surface area contributed by atoms with Crippen molar-refractivity contribution in [1.82, 2.24) is 4.98 Å². The molecule has 19 heteroatoms. The van der Waals surface area contributed by atoms with Crippen LogP contribution >= 0.6 is 0 Å². The van der Waals surface area contributed by atoms with Crippen molar-refractivity contribution in [2.45, 2.75) is 49.8 Å². The van der Waals surface area contributed by atoms with Crippen LogP contribution in [0.4, 0.5) is 32.0 Å². The third-order valence-electron chi connectivity index (χ3n) is 8.79. The molecule has 0 saturated heterocycles. The predicted molar refractivity (Wildman–Crippen MR) is 178 cm³/mol. The summed E-state index contributed by atoms with van der Waals surface area (Å²) < 4.78 is 131. The zero-order valence-electron chi connectivity index (χ0n) is 29.2. The summed E-state index contributed by atoms with van der Waals surface area (Å²) in [5.74, 6) is -2.79. The van der Waals surface area contributed by atoms with Crippen LogP contribution in [0.3, 0.4) is 0 Å². The number of fused-ring (bicyclic) bond motifs is 2. The van der Waals surface area contributed by atoms with Gasteiger partial charge in [-0.2, -0.15) is 26.3 Å². The summed E-state index contributed by atoms with van der Waals surface area (Å²) in [5.41, 5.74) is -1.10. The third-order valence-corrected chi connectivity index (χ3v) is 9.94. The molecule has 6 rings (SSSR count). The fraction of sp³-hybridized carbons (Fsp3) is 0.343. The van der Waals surface area contributed by atoms with Gasteiger partial charge >= 0.3 is 41.9 Å². The molecule has 1 aliphatic heterocycles. The normalized spacial score (nSPS) is 15.0. The van der Waals surface area contributed by atoms with Crippen LogP contribution in [0.1, 0.15) is 45.5 Å². The van der Waals surface area contributed by atoms with Gasteiger partial charge in [-0.15, -0.1) is 0 Å². The molecule has 0 radical (unpaired) electrons. The Labute approximate surface area is 327 Å². The van der Waals surface area contributed by atoms with Gasteiger partial charge in [-0.3, -0.25) is 9.78 Å². The number of hydrogen-bond acceptors (Lipinski definition) is 9. The Bertz CT molecular complexity index is 2210. The van der Waals surface area contributed by atoms with Gasteiger partial charge in [0.05, 0.1) is 48.0 Å². The molecular weight excluding hydrogens is 759 g/mol. The number of halogens is 6. The average Bonchev–Trinajstić information content (AvgIpc) is 3.82. The summed E-state index contributed by atoms with van der Waals surface area (Å²) in [6.07, 6.45) is -7.81. The van der Waals surface area contributed by atoms with Crippen molar-refractivity contribution in [2.24, 2.45) is 0 Å². The van der Waals surface area contributed by atoms with Crippen molar-refractivity contribution in [3.05, 3.63) is 87.3 Å². The number of carbonyl (C=O) groups is 2. The molecule has 1 aliphatic carbocycles. The first kappa shape index (κ1) is 40.9. The van der Waals surface area contributed by atoms with Gasteiger partial charge in [0.2, 0.25) is 0 Å². The minimum Gasteiger partial charge on any atom is -0.545 e. The van der Waals surface area contributed by atoms with Crippen LogP contribution in [0, 0.1) is 6.92 Å². The summed E-state index contributed by atoms with van der Waals surface area (Å²) in [7, 11) is -1.59. The quantitative estimate of drug-likeness (QED) is 0.154. The summed E-state index contributed by atoms with van der Waals surface area (Å²) in [6, 6.07) is 11.7.